The van der Waals surface area contributed by atoms with Gasteiger partial charge in [0.25, 0.3) is 0 Å². The van der Waals surface area contributed by atoms with Gasteiger partial charge in [0.15, 0.2) is 0 Å². The van der Waals surface area contributed by atoms with Crippen LogP contribution >= 0.6 is 11.3 Å². The van der Waals surface area contributed by atoms with Gasteiger partial charge in [0, 0.05) is 25.7 Å². The summed E-state index contributed by atoms with van der Waals surface area (Å²) < 4.78 is 2.34. The van der Waals surface area contributed by atoms with Crippen LogP contribution in [0.15, 0.2) is 78.9 Å². The molecule has 1 aromatic heterocycles. The summed E-state index contributed by atoms with van der Waals surface area (Å²) in [4.78, 5) is 0. The highest BCUT2D eigenvalue weighted by molar-refractivity contribution is 7.26. The monoisotopic (exact) mass is 327 g/mol. The molecule has 0 amide bonds. The summed E-state index contributed by atoms with van der Waals surface area (Å²) in [5.74, 6) is 0. The second-order valence-electron chi connectivity index (χ2n) is 5.62. The molecule has 3 heteroatoms. The number of fused-ring (bicyclic) bond motifs is 3. The average Bonchev–Trinajstić information content (AvgIpc) is 3.01. The third-order valence-corrected chi connectivity index (χ3v) is 5.29. The number of hydrogen-bond donors (Lipinski definition) is 1. The molecule has 0 fully saturated rings. The van der Waals surface area contributed by atoms with E-state index in [9.17, 15) is 0 Å². The van der Waals surface area contributed by atoms with E-state index in [1.54, 1.807) is 17.4 Å². The Balaban J connectivity index is 1.83. The van der Waals surface area contributed by atoms with Gasteiger partial charge in [-0.1, -0.05) is 72.8 Å². The van der Waals surface area contributed by atoms with Gasteiger partial charge in [-0.25, -0.2) is 0 Å². The topological polar surface area (TPSA) is 47.7 Å². The van der Waals surface area contributed by atoms with Gasteiger partial charge < -0.3 is 11.1 Å². The molecule has 24 heavy (non-hydrogen) atoms. The van der Waals surface area contributed by atoms with E-state index in [-0.39, 0.29) is 0 Å². The van der Waals surface area contributed by atoms with Gasteiger partial charge in [0.1, 0.15) is 0 Å². The van der Waals surface area contributed by atoms with Crippen molar-refractivity contribution in [2.75, 3.05) is 0 Å². The quantitative estimate of drug-likeness (QED) is 0.417. The van der Waals surface area contributed by atoms with Crippen molar-refractivity contribution in [3.63, 3.8) is 0 Å². The molecule has 0 bridgehead atoms. The highest BCUT2D eigenvalue weighted by atomic mass is 32.1. The Kier molecular flexibility index (Phi) is 3.63. The van der Waals surface area contributed by atoms with Crippen LogP contribution in [0.4, 0.5) is 0 Å². The second-order valence-corrected chi connectivity index (χ2v) is 6.67. The lowest BCUT2D eigenvalue weighted by Gasteiger charge is -2.11. The zero-order valence-electron chi connectivity index (χ0n) is 12.9. The van der Waals surface area contributed by atoms with E-state index in [0.717, 1.165) is 15.8 Å². The minimum Gasteiger partial charge on any atom is -0.698 e. The summed E-state index contributed by atoms with van der Waals surface area (Å²) in [6, 6.07) is 23.9. The maximum Gasteiger partial charge on any atom is 0.0614 e. The van der Waals surface area contributed by atoms with Crippen molar-refractivity contribution in [1.82, 2.24) is 0 Å². The number of rotatable bonds is 3. The normalized spacial score (nSPS) is 11.9. The molecule has 0 radical (unpaired) electrons. The molecule has 0 saturated carbocycles. The van der Waals surface area contributed by atoms with Crippen molar-refractivity contribution in [3.05, 3.63) is 95.7 Å². The SMILES string of the molecule is N=C(/C=C(\[NH-])c1ccccc1)c1cccc2c1sc1ccccc12. The predicted octanol–water partition coefficient (Wildman–Crippen LogP) is 6.52. The fourth-order valence-electron chi connectivity index (χ4n) is 2.88. The smallest absolute Gasteiger partial charge is 0.0614 e. The molecule has 0 saturated heterocycles. The number of nitrogens with one attached hydrogen (secondary N) is 2. The first-order valence-corrected chi connectivity index (χ1v) is 8.53. The Morgan fingerprint density at radius 1 is 0.833 bits per heavy atom. The van der Waals surface area contributed by atoms with Crippen LogP contribution in [-0.4, -0.2) is 5.71 Å². The summed E-state index contributed by atoms with van der Waals surface area (Å²) in [5.41, 5.74) is 10.7. The van der Waals surface area contributed by atoms with Crippen LogP contribution in [-0.2, 0) is 0 Å². The van der Waals surface area contributed by atoms with E-state index >= 15 is 0 Å². The summed E-state index contributed by atoms with van der Waals surface area (Å²) in [7, 11) is 0. The minimum absolute atomic E-state index is 0.360. The van der Waals surface area contributed by atoms with Gasteiger partial charge in [-0.3, -0.25) is 0 Å². The molecule has 0 unspecified atom stereocenters. The lowest BCUT2D eigenvalue weighted by Crippen LogP contribution is -1.95. The third-order valence-electron chi connectivity index (χ3n) is 4.07. The molecule has 116 valence electrons. The average molecular weight is 327 g/mol. The van der Waals surface area contributed by atoms with Crippen molar-refractivity contribution >= 4 is 42.9 Å². The Morgan fingerprint density at radius 2 is 1.54 bits per heavy atom. The van der Waals surface area contributed by atoms with Crippen LogP contribution in [0.5, 0.6) is 0 Å². The van der Waals surface area contributed by atoms with Crippen molar-refractivity contribution in [2.24, 2.45) is 0 Å². The predicted molar refractivity (Wildman–Crippen MR) is 105 cm³/mol. The van der Waals surface area contributed by atoms with E-state index in [4.69, 9.17) is 11.1 Å². The highest BCUT2D eigenvalue weighted by Crippen LogP contribution is 2.36. The van der Waals surface area contributed by atoms with E-state index in [1.807, 2.05) is 54.6 Å². The zero-order valence-corrected chi connectivity index (χ0v) is 13.7. The Labute approximate surface area is 144 Å². The zero-order chi connectivity index (χ0) is 16.5. The molecule has 0 atom stereocenters. The number of hydrogen-bond acceptors (Lipinski definition) is 2. The summed E-state index contributed by atoms with van der Waals surface area (Å²) in [6.45, 7) is 0. The molecule has 1 heterocycles. The Morgan fingerprint density at radius 3 is 2.38 bits per heavy atom. The Bertz CT molecular complexity index is 1070. The van der Waals surface area contributed by atoms with Crippen molar-refractivity contribution < 1.29 is 0 Å². The largest absolute Gasteiger partial charge is 0.698 e. The molecule has 2 nitrogen and oxygen atoms in total. The van der Waals surface area contributed by atoms with E-state index in [2.05, 4.69) is 18.2 Å². The first-order chi connectivity index (χ1) is 11.7. The van der Waals surface area contributed by atoms with Gasteiger partial charge in [-0.05, 0) is 11.6 Å². The number of benzene rings is 3. The lowest BCUT2D eigenvalue weighted by molar-refractivity contribution is 1.51. The molecule has 2 N–H and O–H groups in total. The van der Waals surface area contributed by atoms with Crippen molar-refractivity contribution in [1.29, 1.82) is 5.41 Å². The fourth-order valence-corrected chi connectivity index (χ4v) is 4.11. The van der Waals surface area contributed by atoms with Gasteiger partial charge in [-0.2, -0.15) is 0 Å². The van der Waals surface area contributed by atoms with E-state index in [1.165, 1.54) is 15.5 Å². The first-order valence-electron chi connectivity index (χ1n) is 7.72. The van der Waals surface area contributed by atoms with Crippen LogP contribution in [0, 0.1) is 5.41 Å². The van der Waals surface area contributed by atoms with Crippen LogP contribution in [0.3, 0.4) is 0 Å². The van der Waals surface area contributed by atoms with Crippen LogP contribution < -0.4 is 0 Å². The molecule has 0 aliphatic rings. The second kappa shape index (κ2) is 5.95. The van der Waals surface area contributed by atoms with Crippen LogP contribution in [0.1, 0.15) is 11.1 Å². The molecule has 0 spiro atoms. The van der Waals surface area contributed by atoms with Gasteiger partial charge in [-0.15, -0.1) is 17.0 Å². The molecular formula is C21H15N2S-. The maximum atomic E-state index is 8.48. The van der Waals surface area contributed by atoms with Gasteiger partial charge in [0.05, 0.1) is 5.71 Å². The minimum atomic E-state index is 0.360. The number of allylic oxidation sites excluding steroid dienone is 1. The van der Waals surface area contributed by atoms with Gasteiger partial charge >= 0.3 is 0 Å². The van der Waals surface area contributed by atoms with E-state index in [0.29, 0.717) is 11.4 Å². The van der Waals surface area contributed by atoms with E-state index < -0.39 is 0 Å². The first kappa shape index (κ1) is 14.7. The molecular weight excluding hydrogens is 312 g/mol. The molecule has 4 aromatic rings. The molecule has 0 aliphatic carbocycles. The van der Waals surface area contributed by atoms with Gasteiger partial charge in [0.2, 0.25) is 0 Å². The molecule has 3 aromatic carbocycles. The summed E-state index contributed by atoms with van der Waals surface area (Å²) >= 11 is 1.71. The highest BCUT2D eigenvalue weighted by Gasteiger charge is 2.10. The maximum absolute atomic E-state index is 8.48. The molecule has 0 aliphatic heterocycles. The van der Waals surface area contributed by atoms with Crippen molar-refractivity contribution in [3.8, 4) is 0 Å². The lowest BCUT2D eigenvalue weighted by atomic mass is 10.0. The summed E-state index contributed by atoms with van der Waals surface area (Å²) in [5, 5.41) is 10.9. The standard InChI is InChI=1S/C21H15N2S/c22-18(14-7-2-1-3-8-14)13-19(23)17-11-6-10-16-15-9-4-5-12-20(15)24-21(16)17/h1-13,22-23H/q-1/b18-13-,23-19?. The van der Waals surface area contributed by atoms with Crippen LogP contribution in [0.2, 0.25) is 0 Å². The molecule has 4 rings (SSSR count). The number of thiophene rings is 1. The van der Waals surface area contributed by atoms with Crippen molar-refractivity contribution in [2.45, 2.75) is 0 Å². The fraction of sp³-hybridized carbons (Fsp3) is 0. The summed E-state index contributed by atoms with van der Waals surface area (Å²) in [6.07, 6.45) is 1.63. The van der Waals surface area contributed by atoms with Crippen LogP contribution in [0.25, 0.3) is 31.6 Å². The third kappa shape index (κ3) is 2.49. The Hall–Kier alpha value is -2.91.